The van der Waals surface area contributed by atoms with E-state index in [1.54, 1.807) is 7.11 Å². The van der Waals surface area contributed by atoms with E-state index in [0.29, 0.717) is 6.61 Å². The summed E-state index contributed by atoms with van der Waals surface area (Å²) in [5.74, 6) is -0.116. The number of carbonyl (C=O) groups excluding carboxylic acids is 1. The molecule has 5 heteroatoms. The van der Waals surface area contributed by atoms with Gasteiger partial charge in [0.1, 0.15) is 0 Å². The normalized spacial score (nSPS) is 15.0. The molecule has 0 unspecified atom stereocenters. The van der Waals surface area contributed by atoms with E-state index in [2.05, 4.69) is 46.1 Å². The molecule has 1 amide bonds. The Morgan fingerprint density at radius 3 is 2.25 bits per heavy atom. The van der Waals surface area contributed by atoms with E-state index < -0.39 is 14.4 Å². The van der Waals surface area contributed by atoms with Crippen LogP contribution in [0.1, 0.15) is 45.8 Å². The molecule has 0 aliphatic heterocycles. The summed E-state index contributed by atoms with van der Waals surface area (Å²) in [6, 6.07) is 9.55. The Hall–Kier alpha value is -1.17. The van der Waals surface area contributed by atoms with Crippen molar-refractivity contribution in [3.63, 3.8) is 0 Å². The summed E-state index contributed by atoms with van der Waals surface area (Å²) < 4.78 is 11.6. The van der Waals surface area contributed by atoms with E-state index >= 15 is 0 Å². The zero-order valence-electron chi connectivity index (χ0n) is 16.2. The van der Waals surface area contributed by atoms with Gasteiger partial charge in [-0.1, -0.05) is 58.0 Å². The van der Waals surface area contributed by atoms with Gasteiger partial charge >= 0.3 is 0 Å². The maximum Gasteiger partial charge on any atom is 0.254 e. The maximum atomic E-state index is 12.6. The van der Waals surface area contributed by atoms with Gasteiger partial charge in [0.25, 0.3) is 5.91 Å². The van der Waals surface area contributed by atoms with Crippen molar-refractivity contribution < 1.29 is 14.0 Å². The third kappa shape index (κ3) is 5.72. The Labute approximate surface area is 148 Å². The molecular weight excluding hydrogens is 318 g/mol. The Morgan fingerprint density at radius 2 is 1.79 bits per heavy atom. The highest BCUT2D eigenvalue weighted by molar-refractivity contribution is 6.74. The molecule has 24 heavy (non-hydrogen) atoms. The van der Waals surface area contributed by atoms with Crippen LogP contribution < -0.4 is 5.32 Å². The van der Waals surface area contributed by atoms with Crippen LogP contribution in [0.5, 0.6) is 0 Å². The molecule has 1 aromatic carbocycles. The van der Waals surface area contributed by atoms with Gasteiger partial charge in [0, 0.05) is 7.11 Å². The van der Waals surface area contributed by atoms with Crippen LogP contribution >= 0.6 is 0 Å². The van der Waals surface area contributed by atoms with Gasteiger partial charge < -0.3 is 14.5 Å². The van der Waals surface area contributed by atoms with E-state index in [9.17, 15) is 4.79 Å². The summed E-state index contributed by atoms with van der Waals surface area (Å²) in [7, 11) is -0.257. The number of hydrogen-bond donors (Lipinski definition) is 1. The first-order chi connectivity index (χ1) is 11.1. The molecule has 0 saturated carbocycles. The third-order valence-corrected chi connectivity index (χ3v) is 9.37. The van der Waals surface area contributed by atoms with Crippen molar-refractivity contribution in [3.8, 4) is 0 Å². The number of hydrogen-bond acceptors (Lipinski definition) is 3. The number of methoxy groups -OCH3 is 1. The molecule has 136 valence electrons. The fourth-order valence-corrected chi connectivity index (χ4v) is 3.14. The number of carbonyl (C=O) groups is 1. The van der Waals surface area contributed by atoms with Gasteiger partial charge in [-0.25, -0.2) is 0 Å². The summed E-state index contributed by atoms with van der Waals surface area (Å²) in [5, 5.41) is 3.23. The van der Waals surface area contributed by atoms with E-state index in [-0.39, 0.29) is 17.0 Å². The van der Waals surface area contributed by atoms with Gasteiger partial charge in [-0.05, 0) is 30.1 Å². The SMILES string of the molecule is CC[C@@H](CO[Si](C)(C)C(C)(C)C)NC(=O)[C@@H](OC)c1ccccc1. The monoisotopic (exact) mass is 351 g/mol. The molecule has 0 fully saturated rings. The number of nitrogens with one attached hydrogen (secondary N) is 1. The molecule has 0 aromatic heterocycles. The predicted molar refractivity (Wildman–Crippen MR) is 102 cm³/mol. The number of ether oxygens (including phenoxy) is 1. The quantitative estimate of drug-likeness (QED) is 0.711. The zero-order chi connectivity index (χ0) is 18.4. The fourth-order valence-electron chi connectivity index (χ4n) is 2.09. The molecule has 0 heterocycles. The summed E-state index contributed by atoms with van der Waals surface area (Å²) >= 11 is 0. The standard InChI is InChI=1S/C19H33NO3Si/c1-8-16(14-23-24(6,7)19(2,3)4)20-18(21)17(22-5)15-12-10-9-11-13-15/h9-13,16-17H,8,14H2,1-7H3,(H,20,21)/t16-,17-/m0/s1. The molecule has 0 saturated heterocycles. The first-order valence-corrected chi connectivity index (χ1v) is 11.5. The second-order valence-corrected chi connectivity index (χ2v) is 12.5. The maximum absolute atomic E-state index is 12.6. The lowest BCUT2D eigenvalue weighted by atomic mass is 10.1. The van der Waals surface area contributed by atoms with Crippen molar-refractivity contribution in [3.05, 3.63) is 35.9 Å². The molecule has 1 N–H and O–H groups in total. The van der Waals surface area contributed by atoms with Crippen LogP contribution in [0.2, 0.25) is 18.1 Å². The van der Waals surface area contributed by atoms with Crippen molar-refractivity contribution in [2.45, 2.75) is 64.4 Å². The van der Waals surface area contributed by atoms with Gasteiger partial charge in [0.2, 0.25) is 0 Å². The van der Waals surface area contributed by atoms with Gasteiger partial charge in [0.05, 0.1) is 12.6 Å². The van der Waals surface area contributed by atoms with E-state index in [1.807, 2.05) is 30.3 Å². The minimum atomic E-state index is -1.82. The fraction of sp³-hybridized carbons (Fsp3) is 0.632. The molecule has 2 atom stereocenters. The van der Waals surface area contributed by atoms with Gasteiger partial charge in [-0.15, -0.1) is 0 Å². The number of amides is 1. The smallest absolute Gasteiger partial charge is 0.254 e. The van der Waals surface area contributed by atoms with Crippen LogP contribution in [0.3, 0.4) is 0 Å². The summed E-state index contributed by atoms with van der Waals surface area (Å²) in [4.78, 5) is 12.6. The van der Waals surface area contributed by atoms with Crippen LogP contribution in [0.4, 0.5) is 0 Å². The van der Waals surface area contributed by atoms with Crippen LogP contribution in [-0.4, -0.2) is 34.0 Å². The minimum absolute atomic E-state index is 0.00649. The zero-order valence-corrected chi connectivity index (χ0v) is 17.2. The van der Waals surface area contributed by atoms with Crippen molar-refractivity contribution in [1.82, 2.24) is 5.32 Å². The molecule has 4 nitrogen and oxygen atoms in total. The van der Waals surface area contributed by atoms with Crippen molar-refractivity contribution in [1.29, 1.82) is 0 Å². The molecule has 0 radical (unpaired) electrons. The Morgan fingerprint density at radius 1 is 1.21 bits per heavy atom. The second-order valence-electron chi connectivity index (χ2n) is 7.71. The molecule has 1 rings (SSSR count). The van der Waals surface area contributed by atoms with Gasteiger partial charge in [-0.3, -0.25) is 4.79 Å². The summed E-state index contributed by atoms with van der Waals surface area (Å²) in [6.45, 7) is 13.7. The number of benzene rings is 1. The van der Waals surface area contributed by atoms with E-state index in [4.69, 9.17) is 9.16 Å². The van der Waals surface area contributed by atoms with Crippen LogP contribution in [0, 0.1) is 0 Å². The van der Waals surface area contributed by atoms with Crippen LogP contribution in [0.15, 0.2) is 30.3 Å². The summed E-state index contributed by atoms with van der Waals surface area (Å²) in [5.41, 5.74) is 0.859. The van der Waals surface area contributed by atoms with Crippen molar-refractivity contribution in [2.75, 3.05) is 13.7 Å². The van der Waals surface area contributed by atoms with Crippen molar-refractivity contribution in [2.24, 2.45) is 0 Å². The topological polar surface area (TPSA) is 47.6 Å². The number of rotatable bonds is 8. The summed E-state index contributed by atoms with van der Waals surface area (Å²) in [6.07, 6.45) is 0.235. The van der Waals surface area contributed by atoms with E-state index in [1.165, 1.54) is 0 Å². The average molecular weight is 352 g/mol. The molecule has 0 bridgehead atoms. The second kappa shape index (κ2) is 8.79. The highest BCUT2D eigenvalue weighted by Crippen LogP contribution is 2.36. The van der Waals surface area contributed by atoms with E-state index in [0.717, 1.165) is 12.0 Å². The highest BCUT2D eigenvalue weighted by Gasteiger charge is 2.37. The minimum Gasteiger partial charge on any atom is -0.415 e. The van der Waals surface area contributed by atoms with Gasteiger partial charge in [-0.2, -0.15) is 0 Å². The molecule has 0 spiro atoms. The molecule has 0 aliphatic carbocycles. The molecular formula is C19H33NO3Si. The lowest BCUT2D eigenvalue weighted by Crippen LogP contribution is -2.47. The largest absolute Gasteiger partial charge is 0.415 e. The predicted octanol–water partition coefficient (Wildman–Crippen LogP) is 4.29. The van der Waals surface area contributed by atoms with Crippen molar-refractivity contribution >= 4 is 14.2 Å². The first kappa shape index (κ1) is 20.9. The highest BCUT2D eigenvalue weighted by atomic mass is 28.4. The molecule has 1 aromatic rings. The van der Waals surface area contributed by atoms with Crippen LogP contribution in [0.25, 0.3) is 0 Å². The van der Waals surface area contributed by atoms with Gasteiger partial charge in [0.15, 0.2) is 14.4 Å². The Bertz CT molecular complexity index is 511. The van der Waals surface area contributed by atoms with Crippen LogP contribution in [-0.2, 0) is 14.0 Å². The first-order valence-electron chi connectivity index (χ1n) is 8.64. The average Bonchev–Trinajstić information content (AvgIpc) is 2.52. The lowest BCUT2D eigenvalue weighted by Gasteiger charge is -2.37. The lowest BCUT2D eigenvalue weighted by molar-refractivity contribution is -0.132. The molecule has 0 aliphatic rings. The Kier molecular flexibility index (Phi) is 7.64. The third-order valence-electron chi connectivity index (χ3n) is 4.87. The Balaban J connectivity index is 2.69.